The molecule has 0 amide bonds. The van der Waals surface area contributed by atoms with Crippen molar-refractivity contribution >= 4 is 21.7 Å². The van der Waals surface area contributed by atoms with Gasteiger partial charge < -0.3 is 5.32 Å². The van der Waals surface area contributed by atoms with Gasteiger partial charge in [0.2, 0.25) is 0 Å². The van der Waals surface area contributed by atoms with Gasteiger partial charge in [-0.1, -0.05) is 27.2 Å². The second kappa shape index (κ2) is 7.39. The highest BCUT2D eigenvalue weighted by Gasteiger charge is 2.26. The highest BCUT2D eigenvalue weighted by atomic mass is 79.9. The molecule has 0 aromatic carbocycles. The van der Waals surface area contributed by atoms with Gasteiger partial charge in [0.25, 0.3) is 0 Å². The Balaban J connectivity index is 2.28. The third-order valence-electron chi connectivity index (χ3n) is 4.03. The lowest BCUT2D eigenvalue weighted by atomic mass is 10.1. The molecule has 1 saturated carbocycles. The van der Waals surface area contributed by atoms with Gasteiger partial charge >= 0.3 is 0 Å². The van der Waals surface area contributed by atoms with Crippen molar-refractivity contribution in [1.29, 1.82) is 0 Å². The molecule has 1 heterocycles. The van der Waals surface area contributed by atoms with Crippen molar-refractivity contribution in [2.24, 2.45) is 5.92 Å². The lowest BCUT2D eigenvalue weighted by molar-refractivity contribution is 0.583. The van der Waals surface area contributed by atoms with Crippen molar-refractivity contribution < 1.29 is 0 Å². The van der Waals surface area contributed by atoms with E-state index in [0.717, 1.165) is 53.5 Å². The Hall–Kier alpha value is -0.640. The van der Waals surface area contributed by atoms with E-state index in [1.807, 2.05) is 0 Å². The quantitative estimate of drug-likeness (QED) is 0.799. The Bertz CT molecular complexity index is 448. The summed E-state index contributed by atoms with van der Waals surface area (Å²) in [4.78, 5) is 9.65. The summed E-state index contributed by atoms with van der Waals surface area (Å²) >= 11 is 3.68. The summed E-state index contributed by atoms with van der Waals surface area (Å²) in [5, 5.41) is 3.44. The van der Waals surface area contributed by atoms with Crippen LogP contribution in [0.1, 0.15) is 70.3 Å². The summed E-state index contributed by atoms with van der Waals surface area (Å²) in [5.41, 5.74) is 1.16. The molecule has 1 aliphatic carbocycles. The molecule has 0 radical (unpaired) electrons. The van der Waals surface area contributed by atoms with E-state index in [1.54, 1.807) is 0 Å². The van der Waals surface area contributed by atoms with E-state index < -0.39 is 0 Å². The van der Waals surface area contributed by atoms with Crippen LogP contribution in [-0.2, 0) is 6.42 Å². The van der Waals surface area contributed by atoms with Crippen molar-refractivity contribution in [1.82, 2.24) is 9.97 Å². The molecule has 2 rings (SSSR count). The smallest absolute Gasteiger partial charge is 0.144 e. The summed E-state index contributed by atoms with van der Waals surface area (Å²) < 4.78 is 1.06. The summed E-state index contributed by atoms with van der Waals surface area (Å²) in [7, 11) is 0. The number of anilines is 1. The largest absolute Gasteiger partial charge is 0.369 e. The molecule has 0 bridgehead atoms. The minimum absolute atomic E-state index is 0.552. The fourth-order valence-electron chi connectivity index (χ4n) is 2.90. The first kappa shape index (κ1) is 15.7. The number of nitrogens with zero attached hydrogens (tertiary/aromatic N) is 2. The third-order valence-corrected chi connectivity index (χ3v) is 4.86. The molecular weight excluding hydrogens is 314 g/mol. The van der Waals surface area contributed by atoms with E-state index in [9.17, 15) is 0 Å². The normalized spacial score (nSPS) is 22.2. The predicted molar refractivity (Wildman–Crippen MR) is 88.3 cm³/mol. The highest BCUT2D eigenvalue weighted by Crippen LogP contribution is 2.38. The fraction of sp³-hybridized carbons (Fsp3) is 0.750. The second-order valence-electron chi connectivity index (χ2n) is 5.98. The van der Waals surface area contributed by atoms with Crippen LogP contribution in [0.2, 0.25) is 0 Å². The van der Waals surface area contributed by atoms with Gasteiger partial charge in [0, 0.05) is 12.5 Å². The number of aryl methyl sites for hydroxylation is 1. The molecule has 1 aliphatic rings. The summed E-state index contributed by atoms with van der Waals surface area (Å²) in [6, 6.07) is 0. The molecular formula is C16H26BrN3. The Morgan fingerprint density at radius 3 is 2.60 bits per heavy atom. The van der Waals surface area contributed by atoms with Crippen molar-refractivity contribution in [3.8, 4) is 0 Å². The molecule has 1 aromatic heterocycles. The van der Waals surface area contributed by atoms with Crippen molar-refractivity contribution in [3.63, 3.8) is 0 Å². The van der Waals surface area contributed by atoms with Gasteiger partial charge in [-0.2, -0.15) is 0 Å². The van der Waals surface area contributed by atoms with Crippen LogP contribution in [0.3, 0.4) is 0 Å². The number of hydrogen-bond acceptors (Lipinski definition) is 3. The van der Waals surface area contributed by atoms with Gasteiger partial charge in [0.15, 0.2) is 0 Å². The maximum atomic E-state index is 4.85. The van der Waals surface area contributed by atoms with Crippen LogP contribution >= 0.6 is 15.9 Å². The molecule has 0 spiro atoms. The maximum absolute atomic E-state index is 4.85. The topological polar surface area (TPSA) is 37.8 Å². The van der Waals surface area contributed by atoms with Crippen LogP contribution in [0.5, 0.6) is 0 Å². The van der Waals surface area contributed by atoms with Crippen LogP contribution in [0, 0.1) is 5.92 Å². The van der Waals surface area contributed by atoms with Crippen molar-refractivity contribution in [2.45, 2.75) is 65.2 Å². The average molecular weight is 340 g/mol. The van der Waals surface area contributed by atoms with E-state index >= 15 is 0 Å². The first-order valence-electron chi connectivity index (χ1n) is 7.95. The molecule has 4 heteroatoms. The number of rotatable bonds is 6. The second-order valence-corrected chi connectivity index (χ2v) is 6.78. The Morgan fingerprint density at radius 2 is 2.00 bits per heavy atom. The third kappa shape index (κ3) is 3.72. The zero-order valence-corrected chi connectivity index (χ0v) is 14.5. The van der Waals surface area contributed by atoms with Crippen LogP contribution < -0.4 is 5.32 Å². The molecule has 2 atom stereocenters. The van der Waals surface area contributed by atoms with Gasteiger partial charge in [-0.15, -0.1) is 0 Å². The first-order valence-corrected chi connectivity index (χ1v) is 8.75. The number of nitrogens with one attached hydrogen (secondary N) is 1. The fourth-order valence-corrected chi connectivity index (χ4v) is 3.42. The minimum atomic E-state index is 0.552. The lowest BCUT2D eigenvalue weighted by Gasteiger charge is -2.15. The zero-order chi connectivity index (χ0) is 14.5. The minimum Gasteiger partial charge on any atom is -0.369 e. The van der Waals surface area contributed by atoms with Gasteiger partial charge in [-0.05, 0) is 54.0 Å². The Labute approximate surface area is 131 Å². The molecule has 1 fully saturated rings. The van der Waals surface area contributed by atoms with Gasteiger partial charge in [-0.3, -0.25) is 0 Å². The molecule has 2 unspecified atom stereocenters. The summed E-state index contributed by atoms with van der Waals surface area (Å²) in [6.07, 6.45) is 7.02. The van der Waals surface area contributed by atoms with Gasteiger partial charge in [0.05, 0.1) is 10.2 Å². The van der Waals surface area contributed by atoms with Crippen LogP contribution in [0.4, 0.5) is 5.82 Å². The van der Waals surface area contributed by atoms with E-state index in [2.05, 4.69) is 42.0 Å². The molecule has 0 aliphatic heterocycles. The SMILES string of the molecule is CCCNc1nc(C2CCC(C)C2)nc(CCC)c1Br. The lowest BCUT2D eigenvalue weighted by Crippen LogP contribution is -2.11. The van der Waals surface area contributed by atoms with Crippen molar-refractivity contribution in [2.75, 3.05) is 11.9 Å². The summed E-state index contributed by atoms with van der Waals surface area (Å²) in [5.74, 6) is 3.41. The van der Waals surface area contributed by atoms with E-state index in [-0.39, 0.29) is 0 Å². The van der Waals surface area contributed by atoms with Crippen LogP contribution in [0.25, 0.3) is 0 Å². The summed E-state index contributed by atoms with van der Waals surface area (Å²) in [6.45, 7) is 7.67. The molecule has 3 nitrogen and oxygen atoms in total. The molecule has 20 heavy (non-hydrogen) atoms. The molecule has 0 saturated heterocycles. The zero-order valence-electron chi connectivity index (χ0n) is 12.9. The van der Waals surface area contributed by atoms with Crippen LogP contribution in [-0.4, -0.2) is 16.5 Å². The van der Waals surface area contributed by atoms with Crippen molar-refractivity contribution in [3.05, 3.63) is 16.0 Å². The molecule has 112 valence electrons. The number of aromatic nitrogens is 2. The molecule has 1 N–H and O–H groups in total. The predicted octanol–water partition coefficient (Wildman–Crippen LogP) is 4.92. The maximum Gasteiger partial charge on any atom is 0.144 e. The van der Waals surface area contributed by atoms with Gasteiger partial charge in [-0.25, -0.2) is 9.97 Å². The van der Waals surface area contributed by atoms with E-state index in [1.165, 1.54) is 19.3 Å². The Morgan fingerprint density at radius 1 is 1.20 bits per heavy atom. The number of hydrogen-bond donors (Lipinski definition) is 1. The standard InChI is InChI=1S/C16H26BrN3/c1-4-6-13-14(17)16(18-9-5-2)20-15(19-13)12-8-7-11(3)10-12/h11-12H,4-10H2,1-3H3,(H,18,19,20). The molecule has 1 aromatic rings. The monoisotopic (exact) mass is 339 g/mol. The highest BCUT2D eigenvalue weighted by molar-refractivity contribution is 9.10. The van der Waals surface area contributed by atoms with Crippen LogP contribution in [0.15, 0.2) is 4.47 Å². The Kier molecular flexibility index (Phi) is 5.82. The first-order chi connectivity index (χ1) is 9.65. The van der Waals surface area contributed by atoms with E-state index in [4.69, 9.17) is 9.97 Å². The average Bonchev–Trinajstić information content (AvgIpc) is 2.86. The number of halogens is 1. The van der Waals surface area contributed by atoms with E-state index in [0.29, 0.717) is 5.92 Å². The van der Waals surface area contributed by atoms with Gasteiger partial charge in [0.1, 0.15) is 11.6 Å².